The molecule has 2 nitrogen and oxygen atoms in total. The normalized spacial score (nSPS) is 17.3. The molecule has 5 aromatic rings. The average Bonchev–Trinajstić information content (AvgIpc) is 3.51. The van der Waals surface area contributed by atoms with Crippen molar-refractivity contribution in [3.63, 3.8) is 0 Å². The average molecular weight is 505 g/mol. The molecule has 192 valence electrons. The SMILES string of the molecule is Cc1ccc2c(oc3c(-c4cc5c(c6c4C(C)(C)CC6(C)C)CCC5)c(F)ccc32)c1-c1cccc[n+]1C. The van der Waals surface area contributed by atoms with Crippen molar-refractivity contribution < 1.29 is 13.4 Å². The summed E-state index contributed by atoms with van der Waals surface area (Å²) < 4.78 is 25.0. The van der Waals surface area contributed by atoms with Crippen molar-refractivity contribution in [3.05, 3.63) is 88.4 Å². The van der Waals surface area contributed by atoms with Crippen LogP contribution in [0.15, 0.2) is 59.1 Å². The molecule has 0 amide bonds. The van der Waals surface area contributed by atoms with Gasteiger partial charge >= 0.3 is 0 Å². The minimum absolute atomic E-state index is 0.0497. The highest BCUT2D eigenvalue weighted by atomic mass is 19.1. The number of aromatic nitrogens is 1. The lowest BCUT2D eigenvalue weighted by Gasteiger charge is -2.24. The second kappa shape index (κ2) is 7.79. The molecule has 0 N–H and O–H groups in total. The van der Waals surface area contributed by atoms with Crippen LogP contribution in [0.5, 0.6) is 0 Å². The highest BCUT2D eigenvalue weighted by Crippen LogP contribution is 2.56. The number of halogens is 1. The molecule has 0 unspecified atom stereocenters. The Balaban J connectivity index is 1.61. The maximum atomic E-state index is 16.1. The predicted molar refractivity (Wildman–Crippen MR) is 153 cm³/mol. The first-order valence-corrected chi connectivity index (χ1v) is 13.9. The first kappa shape index (κ1) is 23.6. The Hall–Kier alpha value is -3.46. The number of aryl methyl sites for hydroxylation is 3. The van der Waals surface area contributed by atoms with E-state index in [1.54, 1.807) is 6.07 Å². The largest absolute Gasteiger partial charge is 0.454 e. The van der Waals surface area contributed by atoms with Gasteiger partial charge in [-0.2, -0.15) is 0 Å². The summed E-state index contributed by atoms with van der Waals surface area (Å²) in [5, 5.41) is 2.00. The molecule has 0 fully saturated rings. The van der Waals surface area contributed by atoms with Gasteiger partial charge in [-0.1, -0.05) is 45.9 Å². The molecule has 2 aliphatic rings. The van der Waals surface area contributed by atoms with E-state index >= 15 is 4.39 Å². The van der Waals surface area contributed by atoms with Crippen molar-refractivity contribution in [2.24, 2.45) is 7.05 Å². The van der Waals surface area contributed by atoms with E-state index in [9.17, 15) is 0 Å². The minimum atomic E-state index is -0.208. The Kier molecular flexibility index (Phi) is 4.84. The Morgan fingerprint density at radius 1 is 0.842 bits per heavy atom. The number of hydrogen-bond acceptors (Lipinski definition) is 1. The van der Waals surface area contributed by atoms with E-state index in [1.807, 2.05) is 12.1 Å². The molecule has 0 radical (unpaired) electrons. The molecule has 0 saturated carbocycles. The Morgan fingerprint density at radius 2 is 1.55 bits per heavy atom. The summed E-state index contributed by atoms with van der Waals surface area (Å²) in [6.07, 6.45) is 6.49. The lowest BCUT2D eigenvalue weighted by Crippen LogP contribution is -2.30. The fourth-order valence-corrected chi connectivity index (χ4v) is 8.00. The van der Waals surface area contributed by atoms with Crippen LogP contribution in [0.3, 0.4) is 0 Å². The number of hydrogen-bond donors (Lipinski definition) is 0. The zero-order valence-corrected chi connectivity index (χ0v) is 23.3. The van der Waals surface area contributed by atoms with Crippen molar-refractivity contribution in [1.29, 1.82) is 0 Å². The highest BCUT2D eigenvalue weighted by molar-refractivity contribution is 6.13. The Morgan fingerprint density at radius 3 is 2.32 bits per heavy atom. The van der Waals surface area contributed by atoms with Gasteiger partial charge < -0.3 is 4.42 Å². The van der Waals surface area contributed by atoms with Crippen molar-refractivity contribution in [2.75, 3.05) is 0 Å². The summed E-state index contributed by atoms with van der Waals surface area (Å²) in [6, 6.07) is 16.3. The number of rotatable bonds is 2. The maximum Gasteiger partial charge on any atom is 0.216 e. The molecular formula is C35H35FNO+. The van der Waals surface area contributed by atoms with Gasteiger partial charge in [-0.15, -0.1) is 0 Å². The molecule has 3 heteroatoms. The summed E-state index contributed by atoms with van der Waals surface area (Å²) in [6.45, 7) is 11.5. The monoisotopic (exact) mass is 504 g/mol. The van der Waals surface area contributed by atoms with Gasteiger partial charge in [0.05, 0.1) is 11.1 Å². The molecule has 2 heterocycles. The van der Waals surface area contributed by atoms with E-state index in [0.29, 0.717) is 11.1 Å². The van der Waals surface area contributed by atoms with Crippen molar-refractivity contribution in [2.45, 2.75) is 71.1 Å². The molecule has 0 saturated heterocycles. The van der Waals surface area contributed by atoms with Gasteiger partial charge in [0.15, 0.2) is 6.20 Å². The fraction of sp³-hybridized carbons (Fsp3) is 0.343. The van der Waals surface area contributed by atoms with Gasteiger partial charge in [-0.25, -0.2) is 8.96 Å². The Labute approximate surface area is 224 Å². The van der Waals surface area contributed by atoms with E-state index in [2.05, 4.69) is 82.8 Å². The first-order valence-electron chi connectivity index (χ1n) is 13.9. The van der Waals surface area contributed by atoms with Crippen LogP contribution in [0.1, 0.15) is 68.4 Å². The summed E-state index contributed by atoms with van der Waals surface area (Å²) in [5.74, 6) is -0.208. The van der Waals surface area contributed by atoms with Crippen LogP contribution in [-0.2, 0) is 30.7 Å². The van der Waals surface area contributed by atoms with E-state index in [-0.39, 0.29) is 16.6 Å². The maximum absolute atomic E-state index is 16.1. The molecule has 0 bridgehead atoms. The topological polar surface area (TPSA) is 17.0 Å². The van der Waals surface area contributed by atoms with Crippen LogP contribution in [0.25, 0.3) is 44.3 Å². The molecule has 7 rings (SSSR count). The van der Waals surface area contributed by atoms with Crippen molar-refractivity contribution in [1.82, 2.24) is 0 Å². The quantitative estimate of drug-likeness (QED) is 0.220. The molecule has 0 atom stereocenters. The van der Waals surface area contributed by atoms with Crippen LogP contribution < -0.4 is 4.57 Å². The Bertz CT molecular complexity index is 1800. The van der Waals surface area contributed by atoms with Gasteiger partial charge in [0.2, 0.25) is 5.69 Å². The number of benzene rings is 3. The van der Waals surface area contributed by atoms with E-state index in [1.165, 1.54) is 28.7 Å². The highest BCUT2D eigenvalue weighted by Gasteiger charge is 2.46. The second-order valence-corrected chi connectivity index (χ2v) is 12.8. The van der Waals surface area contributed by atoms with Gasteiger partial charge in [0, 0.05) is 22.9 Å². The van der Waals surface area contributed by atoms with Gasteiger partial charge in [-0.05, 0) is 95.0 Å². The summed E-state index contributed by atoms with van der Waals surface area (Å²) in [5.41, 5.74) is 12.1. The van der Waals surface area contributed by atoms with Gasteiger partial charge in [0.25, 0.3) is 0 Å². The third kappa shape index (κ3) is 3.14. The lowest BCUT2D eigenvalue weighted by atomic mass is 9.79. The minimum Gasteiger partial charge on any atom is -0.454 e. The van der Waals surface area contributed by atoms with Gasteiger partial charge in [0.1, 0.15) is 24.0 Å². The number of nitrogens with zero attached hydrogens (tertiary/aromatic N) is 1. The summed E-state index contributed by atoms with van der Waals surface area (Å²) in [4.78, 5) is 0. The van der Waals surface area contributed by atoms with E-state index < -0.39 is 0 Å². The van der Waals surface area contributed by atoms with Crippen LogP contribution >= 0.6 is 0 Å². The van der Waals surface area contributed by atoms with E-state index in [4.69, 9.17) is 4.42 Å². The lowest BCUT2D eigenvalue weighted by molar-refractivity contribution is -0.660. The third-order valence-electron chi connectivity index (χ3n) is 9.19. The van der Waals surface area contributed by atoms with Crippen LogP contribution in [-0.4, -0.2) is 0 Å². The van der Waals surface area contributed by atoms with E-state index in [0.717, 1.165) is 58.0 Å². The number of pyridine rings is 1. The van der Waals surface area contributed by atoms with Crippen LogP contribution in [0.4, 0.5) is 4.39 Å². The molecule has 3 aromatic carbocycles. The molecule has 38 heavy (non-hydrogen) atoms. The fourth-order valence-electron chi connectivity index (χ4n) is 8.00. The molecule has 0 aliphatic heterocycles. The number of fused-ring (bicyclic) bond motifs is 6. The molecular weight excluding hydrogens is 469 g/mol. The van der Waals surface area contributed by atoms with Crippen molar-refractivity contribution in [3.8, 4) is 22.4 Å². The smallest absolute Gasteiger partial charge is 0.216 e. The zero-order valence-electron chi connectivity index (χ0n) is 23.3. The van der Waals surface area contributed by atoms with Crippen LogP contribution in [0.2, 0.25) is 0 Å². The predicted octanol–water partition coefficient (Wildman–Crippen LogP) is 8.64. The molecule has 2 aromatic heterocycles. The molecule has 0 spiro atoms. The third-order valence-corrected chi connectivity index (χ3v) is 9.19. The van der Waals surface area contributed by atoms with Gasteiger partial charge in [-0.3, -0.25) is 0 Å². The summed E-state index contributed by atoms with van der Waals surface area (Å²) in [7, 11) is 2.05. The van der Waals surface area contributed by atoms with Crippen molar-refractivity contribution >= 4 is 21.9 Å². The first-order chi connectivity index (χ1) is 18.1. The number of furan rings is 1. The zero-order chi connectivity index (χ0) is 26.6. The summed E-state index contributed by atoms with van der Waals surface area (Å²) >= 11 is 0. The standard InChI is InChI=1S/C35H35FNO/c1-20-13-14-23-24-15-16-26(36)29(33(24)38-32(23)28(20)27-12-7-8-17-37(27)6)25-18-21-10-9-11-22(21)30-31(25)35(4,5)19-34(30,2)3/h7-8,12-18H,9-11,19H2,1-6H3/q+1. The molecule has 2 aliphatic carbocycles. The van der Waals surface area contributed by atoms with Crippen LogP contribution in [0, 0.1) is 12.7 Å². The second-order valence-electron chi connectivity index (χ2n) is 12.8.